The number of benzene rings is 6. The number of ether oxygens (including phenoxy) is 8. The number of rotatable bonds is 48. The van der Waals surface area contributed by atoms with E-state index in [9.17, 15) is 20.4 Å². The van der Waals surface area contributed by atoms with Crippen molar-refractivity contribution in [1.29, 1.82) is 0 Å². The molecule has 0 bridgehead atoms. The molecule has 18 nitrogen and oxygen atoms in total. The number of epoxide rings is 2. The fraction of sp³-hybridized carbons (Fsp3) is 0.586. The van der Waals surface area contributed by atoms with Crippen LogP contribution in [-0.4, -0.2) is 207 Å². The summed E-state index contributed by atoms with van der Waals surface area (Å²) in [7, 11) is -2.69. The maximum absolute atomic E-state index is 10.3. The maximum atomic E-state index is 10.3. The van der Waals surface area contributed by atoms with E-state index in [1.165, 1.54) is 45.5 Å². The first-order valence-corrected chi connectivity index (χ1v) is 52.3. The molecule has 0 spiro atoms. The van der Waals surface area contributed by atoms with Gasteiger partial charge in [0, 0.05) is 41.3 Å². The summed E-state index contributed by atoms with van der Waals surface area (Å²) >= 11 is 0. The zero-order valence-electron chi connectivity index (χ0n) is 69.7. The summed E-state index contributed by atoms with van der Waals surface area (Å²) in [6.07, 6.45) is 4.74. The first-order chi connectivity index (χ1) is 51.6. The Morgan fingerprint density at radius 3 is 0.798 bits per heavy atom. The van der Waals surface area contributed by atoms with E-state index in [0.717, 1.165) is 112 Å². The average molecular weight is 1580 g/mol. The summed E-state index contributed by atoms with van der Waals surface area (Å²) in [4.78, 5) is 4.41. The third-order valence-corrected chi connectivity index (χ3v) is 36.1. The van der Waals surface area contributed by atoms with Crippen LogP contribution in [0.5, 0.6) is 34.5 Å². The van der Waals surface area contributed by atoms with Gasteiger partial charge in [0.2, 0.25) is 0 Å². The lowest BCUT2D eigenvalue weighted by atomic mass is 9.78. The van der Waals surface area contributed by atoms with E-state index in [1.54, 1.807) is 0 Å². The number of hydrogen-bond donors (Lipinski definition) is 6. The zero-order valence-corrected chi connectivity index (χ0v) is 73.7. The Morgan fingerprint density at radius 2 is 0.587 bits per heavy atom. The standard InChI is InChI=1S/C56H88N2O9Si2.C21H24O4.C10H28N2OSi2/c1-43(35-59)39-63-51-23-15-45(16-24-51)55(3,4)47-19-27-53(28-20-47)65-41-49(37-61)57(7)31-13-33-68(9,10)67-69(11,12)34-14-32-58(8)50(38-62)42-66-54-29-21-48(22-30-54)56(5,6)46-17-25-52(26-18-46)64-40-44(2)36-60;1-21(2,15-3-7-17(8-4-15)22-11-19-13-24-19)16-5-9-18(10-6-16)23-12-20-14-25-20;1-14(2,9-5-7-11)13-15(3,4)10-6-8-12/h15-30,43-44,49-50,59-62H,13-14,31-42H2,1-12H3;3-10,19-20H,11-14H2,1-2H3;5-12H2,1-4H3. The number of hydrogen-bond acceptors (Lipinski definition) is 18. The molecule has 2 aliphatic rings. The van der Waals surface area contributed by atoms with Gasteiger partial charge in [-0.2, -0.15) is 0 Å². The number of nitrogens with zero attached hydrogens (tertiary/aromatic N) is 2. The molecular weight excluding hydrogens is 1440 g/mol. The van der Waals surface area contributed by atoms with Crippen molar-refractivity contribution in [2.75, 3.05) is 120 Å². The SMILES string of the molecule is CC(C)(c1ccc(OCC2CO2)cc1)c1ccc(OCC2CO2)cc1.CC(CO)COc1ccc(C(C)(C)c2ccc(OCC(CO)N(C)CCC[Si](C)(C)O[Si](C)(C)CCCN(C)C(CO)COc3ccc(C(C)(C)c4ccc(OCC(C)CO)cc4)cc3)cc2)cc1.C[Si](C)(CCCN)O[Si](C)(C)CCCN. The second kappa shape index (κ2) is 44.2. The quantitative estimate of drug-likeness (QED) is 0.0154. The van der Waals surface area contributed by atoms with Crippen molar-refractivity contribution >= 4 is 33.3 Å². The molecule has 0 radical (unpaired) electrons. The molecule has 6 aromatic carbocycles. The van der Waals surface area contributed by atoms with Gasteiger partial charge in [0.05, 0.1) is 51.7 Å². The highest BCUT2D eigenvalue weighted by atomic mass is 28.4. The molecule has 2 aliphatic heterocycles. The van der Waals surface area contributed by atoms with Crippen LogP contribution in [0.1, 0.15) is 114 Å². The third-order valence-electron chi connectivity index (χ3n) is 21.0. The Bertz CT molecular complexity index is 3260. The van der Waals surface area contributed by atoms with Gasteiger partial charge in [0.15, 0.2) is 33.3 Å². The third kappa shape index (κ3) is 32.5. The van der Waals surface area contributed by atoms with Gasteiger partial charge in [-0.1, -0.05) is 128 Å². The summed E-state index contributed by atoms with van der Waals surface area (Å²) in [5.74, 6) is 5.12. The number of nitrogens with two attached hydrogens (primary N) is 2. The van der Waals surface area contributed by atoms with Crippen LogP contribution >= 0.6 is 0 Å². The molecule has 6 atom stereocenters. The average Bonchev–Trinajstić information content (AvgIpc) is 1.79. The molecule has 2 saturated heterocycles. The van der Waals surface area contributed by atoms with E-state index in [1.807, 2.05) is 86.6 Å². The van der Waals surface area contributed by atoms with Gasteiger partial charge in [0.25, 0.3) is 0 Å². The molecular formula is C87H140N4O14Si4. The molecule has 6 unspecified atom stereocenters. The predicted molar refractivity (Wildman–Crippen MR) is 455 cm³/mol. The van der Waals surface area contributed by atoms with E-state index in [4.69, 9.17) is 57.6 Å². The normalized spacial score (nSPS) is 15.9. The van der Waals surface area contributed by atoms with Crippen LogP contribution < -0.4 is 39.9 Å². The Morgan fingerprint density at radius 1 is 0.367 bits per heavy atom. The second-order valence-electron chi connectivity index (χ2n) is 34.2. The van der Waals surface area contributed by atoms with E-state index in [-0.39, 0.29) is 78.8 Å². The molecule has 0 saturated carbocycles. The van der Waals surface area contributed by atoms with Gasteiger partial charge >= 0.3 is 0 Å². The van der Waals surface area contributed by atoms with Crippen LogP contribution in [0.2, 0.25) is 76.6 Å². The molecule has 2 fully saturated rings. The lowest BCUT2D eigenvalue weighted by Crippen LogP contribution is -2.46. The number of aliphatic hydroxyl groups is 4. The Balaban J connectivity index is 0.000000372. The lowest BCUT2D eigenvalue weighted by Gasteiger charge is -2.35. The lowest BCUT2D eigenvalue weighted by molar-refractivity contribution is 0.101. The van der Waals surface area contributed by atoms with Gasteiger partial charge in [0.1, 0.15) is 73.1 Å². The van der Waals surface area contributed by atoms with Crippen LogP contribution in [0.15, 0.2) is 146 Å². The molecule has 6 aromatic rings. The first-order valence-electron chi connectivity index (χ1n) is 39.8. The summed E-state index contributed by atoms with van der Waals surface area (Å²) in [6, 6.07) is 53.8. The molecule has 0 aliphatic carbocycles. The Labute approximate surface area is 660 Å². The van der Waals surface area contributed by atoms with Crippen LogP contribution in [-0.2, 0) is 33.9 Å². The monoisotopic (exact) mass is 1580 g/mol. The van der Waals surface area contributed by atoms with Crippen molar-refractivity contribution in [3.63, 3.8) is 0 Å². The highest BCUT2D eigenvalue weighted by Crippen LogP contribution is 2.38. The minimum Gasteiger partial charge on any atom is -0.493 e. The van der Waals surface area contributed by atoms with Gasteiger partial charge in [-0.15, -0.1) is 0 Å². The van der Waals surface area contributed by atoms with Gasteiger partial charge in [-0.05, 0) is 249 Å². The molecule has 0 amide bonds. The molecule has 8 rings (SSSR count). The summed E-state index contributed by atoms with van der Waals surface area (Å²) in [5.41, 5.74) is 17.8. The predicted octanol–water partition coefficient (Wildman–Crippen LogP) is 15.3. The second-order valence-corrected chi connectivity index (χ2v) is 52.0. The Kier molecular flexibility index (Phi) is 37.5. The largest absolute Gasteiger partial charge is 0.493 e. The molecule has 8 N–H and O–H groups in total. The van der Waals surface area contributed by atoms with E-state index >= 15 is 0 Å². The van der Waals surface area contributed by atoms with E-state index in [0.29, 0.717) is 39.6 Å². The molecule has 109 heavy (non-hydrogen) atoms. The summed E-state index contributed by atoms with van der Waals surface area (Å²) < 4.78 is 59.2. The fourth-order valence-electron chi connectivity index (χ4n) is 13.2. The van der Waals surface area contributed by atoms with Crippen molar-refractivity contribution in [1.82, 2.24) is 9.80 Å². The highest BCUT2D eigenvalue weighted by molar-refractivity contribution is 6.85. The van der Waals surface area contributed by atoms with Crippen molar-refractivity contribution < 1.29 is 66.6 Å². The van der Waals surface area contributed by atoms with Gasteiger partial charge in [-0.3, -0.25) is 9.80 Å². The fourth-order valence-corrected chi connectivity index (χ4v) is 31.0. The topological polar surface area (TPSA) is 238 Å². The minimum atomic E-state index is -1.94. The number of likely N-dealkylation sites (N-methyl/N-ethyl adjacent to an activating group) is 2. The summed E-state index contributed by atoms with van der Waals surface area (Å²) in [5, 5.41) is 39.2. The van der Waals surface area contributed by atoms with Crippen LogP contribution in [0.4, 0.5) is 0 Å². The maximum Gasteiger partial charge on any atom is 0.173 e. The van der Waals surface area contributed by atoms with Crippen LogP contribution in [0.3, 0.4) is 0 Å². The van der Waals surface area contributed by atoms with Gasteiger partial charge < -0.3 is 78.0 Å². The van der Waals surface area contributed by atoms with Gasteiger partial charge in [-0.25, -0.2) is 0 Å². The molecule has 0 aromatic heterocycles. The van der Waals surface area contributed by atoms with E-state index in [2.05, 4.69) is 191 Å². The zero-order chi connectivity index (χ0) is 80.1. The van der Waals surface area contributed by atoms with Crippen molar-refractivity contribution in [2.45, 2.75) is 198 Å². The highest BCUT2D eigenvalue weighted by Gasteiger charge is 2.35. The van der Waals surface area contributed by atoms with E-state index < -0.39 is 33.3 Å². The number of aliphatic hydroxyl groups excluding tert-OH is 4. The van der Waals surface area contributed by atoms with Crippen molar-refractivity contribution in [2.24, 2.45) is 23.3 Å². The smallest absolute Gasteiger partial charge is 0.173 e. The van der Waals surface area contributed by atoms with Crippen LogP contribution in [0, 0.1) is 11.8 Å². The minimum absolute atomic E-state index is 0.0160. The molecule has 2 heterocycles. The summed E-state index contributed by atoms with van der Waals surface area (Å²) in [6.45, 7) is 43.9. The Hall–Kier alpha value is -5.49. The van der Waals surface area contributed by atoms with Crippen molar-refractivity contribution in [3.8, 4) is 34.5 Å². The van der Waals surface area contributed by atoms with Crippen molar-refractivity contribution in [3.05, 3.63) is 179 Å². The first kappa shape index (κ1) is 92.4. The molecule has 22 heteroatoms. The molecule has 608 valence electrons. The van der Waals surface area contributed by atoms with Crippen LogP contribution in [0.25, 0.3) is 0 Å².